The minimum Gasteiger partial charge on any atom is -0.344 e. The highest BCUT2D eigenvalue weighted by Crippen LogP contribution is 2.19. The molecule has 0 saturated heterocycles. The predicted octanol–water partition coefficient (Wildman–Crippen LogP) is 3.99. The van der Waals surface area contributed by atoms with E-state index in [9.17, 15) is 13.6 Å². The molecule has 3 rings (SSSR count). The monoisotopic (exact) mass is 354 g/mol. The largest absolute Gasteiger partial charge is 0.344 e. The fourth-order valence-corrected chi connectivity index (χ4v) is 2.33. The zero-order valence-corrected chi connectivity index (χ0v) is 13.9. The second kappa shape index (κ2) is 7.69. The molecule has 1 atom stereocenters. The van der Waals surface area contributed by atoms with Crippen LogP contribution in [0.5, 0.6) is 0 Å². The molecule has 1 unspecified atom stereocenters. The van der Waals surface area contributed by atoms with Crippen LogP contribution >= 0.6 is 0 Å². The van der Waals surface area contributed by atoms with Gasteiger partial charge in [0.15, 0.2) is 0 Å². The van der Waals surface area contributed by atoms with Crippen molar-refractivity contribution < 1.29 is 13.6 Å². The molecule has 26 heavy (non-hydrogen) atoms. The minimum absolute atomic E-state index is 0.0654. The topological polar surface area (TPSA) is 66.9 Å². The van der Waals surface area contributed by atoms with Gasteiger partial charge in [-0.05, 0) is 24.6 Å². The number of hydrogen-bond donors (Lipinski definition) is 2. The van der Waals surface area contributed by atoms with Crippen LogP contribution in [0, 0.1) is 11.6 Å². The van der Waals surface area contributed by atoms with Crippen molar-refractivity contribution in [1.82, 2.24) is 15.3 Å². The van der Waals surface area contributed by atoms with Crippen LogP contribution in [0.1, 0.15) is 29.0 Å². The number of amides is 1. The van der Waals surface area contributed by atoms with Crippen molar-refractivity contribution in [1.29, 1.82) is 0 Å². The van der Waals surface area contributed by atoms with Crippen LogP contribution in [0.25, 0.3) is 0 Å². The van der Waals surface area contributed by atoms with Gasteiger partial charge in [0.2, 0.25) is 0 Å². The zero-order valence-electron chi connectivity index (χ0n) is 13.9. The third-order valence-electron chi connectivity index (χ3n) is 3.73. The van der Waals surface area contributed by atoms with E-state index >= 15 is 0 Å². The molecule has 0 spiro atoms. The molecule has 0 aliphatic heterocycles. The number of hydrogen-bond acceptors (Lipinski definition) is 4. The summed E-state index contributed by atoms with van der Waals surface area (Å²) in [6.07, 6.45) is 2.60. The Kier molecular flexibility index (Phi) is 5.17. The highest BCUT2D eigenvalue weighted by molar-refractivity contribution is 5.92. The molecule has 0 saturated carbocycles. The van der Waals surface area contributed by atoms with Gasteiger partial charge in [-0.25, -0.2) is 18.7 Å². The summed E-state index contributed by atoms with van der Waals surface area (Å²) in [6.45, 7) is 1.87. The van der Waals surface area contributed by atoms with E-state index in [0.717, 1.165) is 17.7 Å². The molecular weight excluding hydrogens is 338 g/mol. The highest BCUT2D eigenvalue weighted by Gasteiger charge is 2.13. The lowest BCUT2D eigenvalue weighted by molar-refractivity contribution is 0.0934. The fraction of sp³-hybridized carbons (Fsp3) is 0.105. The number of carbonyl (C=O) groups is 1. The van der Waals surface area contributed by atoms with Gasteiger partial charge in [-0.3, -0.25) is 4.79 Å². The van der Waals surface area contributed by atoms with Crippen molar-refractivity contribution in [2.24, 2.45) is 0 Å². The van der Waals surface area contributed by atoms with Gasteiger partial charge in [0.1, 0.15) is 23.1 Å². The molecule has 2 aromatic carbocycles. The van der Waals surface area contributed by atoms with E-state index in [0.29, 0.717) is 0 Å². The molecule has 1 heterocycles. The van der Waals surface area contributed by atoms with Crippen LogP contribution in [0.4, 0.5) is 20.3 Å². The number of halogens is 2. The van der Waals surface area contributed by atoms with Gasteiger partial charge in [0.25, 0.3) is 5.91 Å². The molecule has 0 bridgehead atoms. The van der Waals surface area contributed by atoms with Gasteiger partial charge >= 0.3 is 0 Å². The van der Waals surface area contributed by atoms with E-state index in [1.807, 2.05) is 37.3 Å². The Hall–Kier alpha value is -3.35. The lowest BCUT2D eigenvalue weighted by Crippen LogP contribution is -2.27. The number of rotatable bonds is 5. The maximum atomic E-state index is 13.6. The van der Waals surface area contributed by atoms with Crippen LogP contribution in [-0.4, -0.2) is 15.9 Å². The van der Waals surface area contributed by atoms with Gasteiger partial charge in [0, 0.05) is 6.07 Å². The number of benzene rings is 2. The third-order valence-corrected chi connectivity index (χ3v) is 3.73. The first-order valence-electron chi connectivity index (χ1n) is 7.93. The van der Waals surface area contributed by atoms with Crippen LogP contribution in [0.3, 0.4) is 0 Å². The van der Waals surface area contributed by atoms with Crippen LogP contribution < -0.4 is 10.6 Å². The van der Waals surface area contributed by atoms with Gasteiger partial charge in [-0.15, -0.1) is 0 Å². The summed E-state index contributed by atoms with van der Waals surface area (Å²) in [5.74, 6) is -1.54. The summed E-state index contributed by atoms with van der Waals surface area (Å²) in [4.78, 5) is 20.3. The minimum atomic E-state index is -0.745. The summed E-state index contributed by atoms with van der Waals surface area (Å²) >= 11 is 0. The molecule has 132 valence electrons. The normalized spacial score (nSPS) is 11.7. The summed E-state index contributed by atoms with van der Waals surface area (Å²) in [6, 6.07) is 12.5. The van der Waals surface area contributed by atoms with E-state index in [4.69, 9.17) is 0 Å². The van der Waals surface area contributed by atoms with E-state index in [1.54, 1.807) is 0 Å². The molecule has 1 amide bonds. The Labute approximate surface area is 149 Å². The highest BCUT2D eigenvalue weighted by atomic mass is 19.1. The number of aromatic nitrogens is 2. The smallest absolute Gasteiger partial charge is 0.271 e. The Bertz CT molecular complexity index is 901. The van der Waals surface area contributed by atoms with Crippen LogP contribution in [0.2, 0.25) is 0 Å². The van der Waals surface area contributed by atoms with Crippen molar-refractivity contribution in [3.8, 4) is 0 Å². The molecule has 0 aliphatic rings. The number of anilines is 2. The number of carbonyl (C=O) groups excluding carboxylic acids is 1. The SMILES string of the molecule is CC(NC(=O)c1cnc(Nc2ccc(F)cc2F)cn1)c1ccccc1. The number of nitrogens with zero attached hydrogens (tertiary/aromatic N) is 2. The Morgan fingerprint density at radius 1 is 1.04 bits per heavy atom. The van der Waals surface area contributed by atoms with Crippen molar-refractivity contribution in [2.45, 2.75) is 13.0 Å². The molecule has 0 radical (unpaired) electrons. The van der Waals surface area contributed by atoms with Crippen LogP contribution in [-0.2, 0) is 0 Å². The molecule has 0 fully saturated rings. The summed E-state index contributed by atoms with van der Waals surface area (Å²) in [7, 11) is 0. The molecule has 2 N–H and O–H groups in total. The third kappa shape index (κ3) is 4.18. The molecule has 1 aromatic heterocycles. The van der Waals surface area contributed by atoms with Crippen molar-refractivity contribution in [3.05, 3.63) is 83.8 Å². The second-order valence-corrected chi connectivity index (χ2v) is 5.64. The first kappa shape index (κ1) is 17.5. The Morgan fingerprint density at radius 2 is 1.81 bits per heavy atom. The molecule has 7 heteroatoms. The quantitative estimate of drug-likeness (QED) is 0.727. The van der Waals surface area contributed by atoms with Crippen molar-refractivity contribution in [2.75, 3.05) is 5.32 Å². The van der Waals surface area contributed by atoms with E-state index in [-0.39, 0.29) is 29.1 Å². The number of nitrogens with one attached hydrogen (secondary N) is 2. The molecule has 3 aromatic rings. The van der Waals surface area contributed by atoms with Crippen molar-refractivity contribution >= 4 is 17.4 Å². The lowest BCUT2D eigenvalue weighted by atomic mass is 10.1. The molecular formula is C19H16F2N4O. The van der Waals surface area contributed by atoms with Gasteiger partial charge in [-0.1, -0.05) is 30.3 Å². The summed E-state index contributed by atoms with van der Waals surface area (Å²) < 4.78 is 26.5. The predicted molar refractivity (Wildman–Crippen MR) is 94.0 cm³/mol. The standard InChI is InChI=1S/C19H16F2N4O/c1-12(13-5-3-2-4-6-13)24-19(26)17-10-23-18(11-22-17)25-16-8-7-14(20)9-15(16)21/h2-12H,1H3,(H,23,25)(H,24,26). The summed E-state index contributed by atoms with van der Waals surface area (Å²) in [5.41, 5.74) is 1.17. The van der Waals surface area contributed by atoms with Gasteiger partial charge < -0.3 is 10.6 Å². The second-order valence-electron chi connectivity index (χ2n) is 5.64. The Morgan fingerprint density at radius 3 is 2.46 bits per heavy atom. The van der Waals surface area contributed by atoms with Crippen molar-refractivity contribution in [3.63, 3.8) is 0 Å². The maximum absolute atomic E-state index is 13.6. The van der Waals surface area contributed by atoms with Gasteiger partial charge in [-0.2, -0.15) is 0 Å². The van der Waals surface area contributed by atoms with E-state index < -0.39 is 11.6 Å². The fourth-order valence-electron chi connectivity index (χ4n) is 2.33. The molecule has 0 aliphatic carbocycles. The zero-order chi connectivity index (χ0) is 18.5. The lowest BCUT2D eigenvalue weighted by Gasteiger charge is -2.14. The summed E-state index contributed by atoms with van der Waals surface area (Å²) in [5, 5.41) is 5.52. The van der Waals surface area contributed by atoms with Crippen LogP contribution in [0.15, 0.2) is 60.9 Å². The first-order chi connectivity index (χ1) is 12.5. The average molecular weight is 354 g/mol. The first-order valence-corrected chi connectivity index (χ1v) is 7.93. The van der Waals surface area contributed by atoms with E-state index in [1.165, 1.54) is 18.5 Å². The van der Waals surface area contributed by atoms with E-state index in [2.05, 4.69) is 20.6 Å². The maximum Gasteiger partial charge on any atom is 0.271 e. The Balaban J connectivity index is 1.66. The average Bonchev–Trinajstić information content (AvgIpc) is 2.65. The molecule has 5 nitrogen and oxygen atoms in total. The van der Waals surface area contributed by atoms with Gasteiger partial charge in [0.05, 0.1) is 24.1 Å².